The van der Waals surface area contributed by atoms with Crippen LogP contribution in [0.15, 0.2) is 34.8 Å². The minimum Gasteiger partial charge on any atom is -0.497 e. The van der Waals surface area contributed by atoms with Gasteiger partial charge < -0.3 is 14.5 Å². The summed E-state index contributed by atoms with van der Waals surface area (Å²) in [4.78, 5) is 8.00. The van der Waals surface area contributed by atoms with Crippen molar-refractivity contribution >= 4 is 27.0 Å². The highest BCUT2D eigenvalue weighted by Gasteiger charge is 2.11. The van der Waals surface area contributed by atoms with E-state index in [1.807, 2.05) is 18.2 Å². The highest BCUT2D eigenvalue weighted by molar-refractivity contribution is 9.10. The van der Waals surface area contributed by atoms with Crippen molar-refractivity contribution in [1.82, 2.24) is 9.97 Å². The first-order valence-corrected chi connectivity index (χ1v) is 7.29. The van der Waals surface area contributed by atoms with Crippen molar-refractivity contribution < 1.29 is 9.47 Å². The number of imidazole rings is 1. The van der Waals surface area contributed by atoms with Crippen molar-refractivity contribution in [3.63, 3.8) is 0 Å². The summed E-state index contributed by atoms with van der Waals surface area (Å²) in [5, 5.41) is 0. The summed E-state index contributed by atoms with van der Waals surface area (Å²) in [6.07, 6.45) is 0. The van der Waals surface area contributed by atoms with Crippen LogP contribution in [-0.2, 0) is 0 Å². The number of hydrogen-bond acceptors (Lipinski definition) is 3. The van der Waals surface area contributed by atoms with Gasteiger partial charge in [0, 0.05) is 16.1 Å². The van der Waals surface area contributed by atoms with Gasteiger partial charge in [-0.2, -0.15) is 0 Å². The second-order valence-corrected chi connectivity index (χ2v) is 5.68. The van der Waals surface area contributed by atoms with Gasteiger partial charge in [-0.25, -0.2) is 4.98 Å². The Hall–Kier alpha value is -2.01. The van der Waals surface area contributed by atoms with Gasteiger partial charge in [0.15, 0.2) is 0 Å². The minimum absolute atomic E-state index is 0.736. The molecule has 3 rings (SSSR count). The van der Waals surface area contributed by atoms with E-state index >= 15 is 0 Å². The maximum Gasteiger partial charge on any atom is 0.138 e. The summed E-state index contributed by atoms with van der Waals surface area (Å²) in [6, 6.07) is 9.83. The van der Waals surface area contributed by atoms with Crippen molar-refractivity contribution in [3.05, 3.63) is 40.4 Å². The van der Waals surface area contributed by atoms with E-state index in [0.29, 0.717) is 0 Å². The molecule has 0 unspecified atom stereocenters. The molecule has 0 fully saturated rings. The molecular formula is C16H15BrN2O2. The predicted octanol–water partition coefficient (Wildman–Crippen LogP) is 4.32. The number of nitrogens with one attached hydrogen (secondary N) is 1. The highest BCUT2D eigenvalue weighted by Crippen LogP contribution is 2.31. The molecule has 1 N–H and O–H groups in total. The Balaban J connectivity index is 2.18. The average molecular weight is 347 g/mol. The van der Waals surface area contributed by atoms with Crippen molar-refractivity contribution in [2.45, 2.75) is 6.92 Å². The molecule has 0 aliphatic carbocycles. The fraction of sp³-hybridized carbons (Fsp3) is 0.188. The molecular weight excluding hydrogens is 332 g/mol. The topological polar surface area (TPSA) is 47.1 Å². The second-order valence-electron chi connectivity index (χ2n) is 4.83. The van der Waals surface area contributed by atoms with Crippen LogP contribution >= 0.6 is 15.9 Å². The normalized spacial score (nSPS) is 10.9. The lowest BCUT2D eigenvalue weighted by Gasteiger charge is -2.06. The lowest BCUT2D eigenvalue weighted by atomic mass is 10.2. The summed E-state index contributed by atoms with van der Waals surface area (Å²) in [5.74, 6) is 2.26. The Bertz CT molecular complexity index is 789. The molecule has 0 aliphatic heterocycles. The average Bonchev–Trinajstić information content (AvgIpc) is 2.91. The smallest absolute Gasteiger partial charge is 0.138 e. The van der Waals surface area contributed by atoms with Crippen LogP contribution in [0.25, 0.3) is 22.4 Å². The molecule has 0 aliphatic rings. The number of rotatable bonds is 3. The van der Waals surface area contributed by atoms with Crippen LogP contribution in [0.2, 0.25) is 0 Å². The summed E-state index contributed by atoms with van der Waals surface area (Å²) < 4.78 is 11.6. The third kappa shape index (κ3) is 2.61. The number of methoxy groups -OCH3 is 2. The number of aromatic nitrogens is 2. The maximum atomic E-state index is 5.30. The van der Waals surface area contributed by atoms with E-state index in [1.165, 1.54) is 5.56 Å². The van der Waals surface area contributed by atoms with E-state index in [-0.39, 0.29) is 0 Å². The minimum atomic E-state index is 0.736. The molecule has 0 radical (unpaired) electrons. The van der Waals surface area contributed by atoms with Gasteiger partial charge in [-0.1, -0.05) is 0 Å². The van der Waals surface area contributed by atoms with E-state index in [2.05, 4.69) is 45.0 Å². The summed E-state index contributed by atoms with van der Waals surface area (Å²) in [6.45, 7) is 2.05. The number of fused-ring (bicyclic) bond motifs is 1. The van der Waals surface area contributed by atoms with E-state index in [1.54, 1.807) is 14.2 Å². The third-order valence-corrected chi connectivity index (χ3v) is 3.91. The lowest BCUT2D eigenvalue weighted by Crippen LogP contribution is -1.89. The highest BCUT2D eigenvalue weighted by atomic mass is 79.9. The van der Waals surface area contributed by atoms with Gasteiger partial charge in [-0.15, -0.1) is 0 Å². The van der Waals surface area contributed by atoms with Crippen molar-refractivity contribution in [1.29, 1.82) is 0 Å². The van der Waals surface area contributed by atoms with Crippen molar-refractivity contribution in [3.8, 4) is 22.9 Å². The quantitative estimate of drug-likeness (QED) is 0.768. The van der Waals surface area contributed by atoms with Crippen molar-refractivity contribution in [2.75, 3.05) is 14.2 Å². The number of H-pyrrole nitrogens is 1. The van der Waals surface area contributed by atoms with E-state index in [0.717, 1.165) is 38.4 Å². The molecule has 5 heteroatoms. The van der Waals surface area contributed by atoms with Gasteiger partial charge in [0.05, 0.1) is 19.7 Å². The van der Waals surface area contributed by atoms with Gasteiger partial charge in [-0.05, 0) is 52.7 Å². The SMILES string of the molecule is COc1cc(OC)cc(-c2nc3c(Br)cc(C)cc3[nH]2)c1. The third-order valence-electron chi connectivity index (χ3n) is 3.31. The van der Waals surface area contributed by atoms with E-state index < -0.39 is 0 Å². The van der Waals surface area contributed by atoms with E-state index in [9.17, 15) is 0 Å². The van der Waals surface area contributed by atoms with Gasteiger partial charge in [0.25, 0.3) is 0 Å². The molecule has 0 saturated carbocycles. The van der Waals surface area contributed by atoms with Gasteiger partial charge in [0.2, 0.25) is 0 Å². The molecule has 0 bridgehead atoms. The number of ether oxygens (including phenoxy) is 2. The zero-order valence-electron chi connectivity index (χ0n) is 12.0. The van der Waals surface area contributed by atoms with Crippen LogP contribution < -0.4 is 9.47 Å². The zero-order valence-corrected chi connectivity index (χ0v) is 13.6. The van der Waals surface area contributed by atoms with E-state index in [4.69, 9.17) is 9.47 Å². The Morgan fingerprint density at radius 2 is 1.67 bits per heavy atom. The molecule has 2 aromatic carbocycles. The van der Waals surface area contributed by atoms with Gasteiger partial charge >= 0.3 is 0 Å². The van der Waals surface area contributed by atoms with Crippen LogP contribution in [0.3, 0.4) is 0 Å². The number of nitrogens with zero attached hydrogens (tertiary/aromatic N) is 1. The molecule has 0 saturated heterocycles. The van der Waals surface area contributed by atoms with Gasteiger partial charge in [-0.3, -0.25) is 0 Å². The molecule has 0 atom stereocenters. The summed E-state index contributed by atoms with van der Waals surface area (Å²) >= 11 is 3.56. The number of aryl methyl sites for hydroxylation is 1. The van der Waals surface area contributed by atoms with Crippen molar-refractivity contribution in [2.24, 2.45) is 0 Å². The first kappa shape index (κ1) is 13.9. The molecule has 4 nitrogen and oxygen atoms in total. The monoisotopic (exact) mass is 346 g/mol. The van der Waals surface area contributed by atoms with Gasteiger partial charge in [0.1, 0.15) is 22.8 Å². The Morgan fingerprint density at radius 1 is 1.00 bits per heavy atom. The molecule has 0 amide bonds. The number of aromatic amines is 1. The lowest BCUT2D eigenvalue weighted by molar-refractivity contribution is 0.394. The Kier molecular flexibility index (Phi) is 3.59. The number of halogens is 1. The van der Waals surface area contributed by atoms with Crippen LogP contribution in [0, 0.1) is 6.92 Å². The number of benzene rings is 2. The summed E-state index contributed by atoms with van der Waals surface area (Å²) in [7, 11) is 3.27. The molecule has 1 heterocycles. The second kappa shape index (κ2) is 5.41. The molecule has 21 heavy (non-hydrogen) atoms. The maximum absolute atomic E-state index is 5.30. The van der Waals surface area contributed by atoms with Crippen LogP contribution in [0.1, 0.15) is 5.56 Å². The Labute approximate surface area is 131 Å². The molecule has 1 aromatic heterocycles. The fourth-order valence-electron chi connectivity index (χ4n) is 2.29. The first-order valence-electron chi connectivity index (χ1n) is 6.50. The number of hydrogen-bond donors (Lipinski definition) is 1. The molecule has 108 valence electrons. The molecule has 3 aromatic rings. The Morgan fingerprint density at radius 3 is 2.29 bits per heavy atom. The first-order chi connectivity index (χ1) is 10.1. The molecule has 0 spiro atoms. The summed E-state index contributed by atoms with van der Waals surface area (Å²) in [5.41, 5.74) is 4.01. The zero-order chi connectivity index (χ0) is 15.0. The predicted molar refractivity (Wildman–Crippen MR) is 87.1 cm³/mol. The van der Waals surface area contributed by atoms with Crippen LogP contribution in [0.5, 0.6) is 11.5 Å². The van der Waals surface area contributed by atoms with Crippen LogP contribution in [-0.4, -0.2) is 24.2 Å². The van der Waals surface area contributed by atoms with Crippen LogP contribution in [0.4, 0.5) is 0 Å². The fourth-order valence-corrected chi connectivity index (χ4v) is 2.96. The largest absolute Gasteiger partial charge is 0.497 e. The standard InChI is InChI=1S/C16H15BrN2O2/c1-9-4-13(17)15-14(5-9)18-16(19-15)10-6-11(20-2)8-12(7-10)21-3/h4-8H,1-3H3,(H,18,19).